The molecule has 1 aliphatic heterocycles. The van der Waals surface area contributed by atoms with Crippen molar-refractivity contribution >= 4 is 29.9 Å². The van der Waals surface area contributed by atoms with E-state index in [1.54, 1.807) is 0 Å². The molecule has 0 aromatic carbocycles. The van der Waals surface area contributed by atoms with Crippen LogP contribution < -0.4 is 5.32 Å². The van der Waals surface area contributed by atoms with Crippen molar-refractivity contribution in [3.8, 4) is 0 Å². The second-order valence-electron chi connectivity index (χ2n) is 6.49. The maximum Gasteiger partial charge on any atom is 0.216 e. The van der Waals surface area contributed by atoms with E-state index in [9.17, 15) is 0 Å². The largest absolute Gasteiger partial charge is 0.444 e. The van der Waals surface area contributed by atoms with Crippen molar-refractivity contribution in [3.05, 3.63) is 17.3 Å². The Morgan fingerprint density at radius 2 is 2.04 bits per heavy atom. The molecule has 1 atom stereocenters. The van der Waals surface area contributed by atoms with Gasteiger partial charge in [-0.1, -0.05) is 26.7 Å². The molecule has 0 spiro atoms. The third-order valence-electron chi connectivity index (χ3n) is 5.01. The van der Waals surface area contributed by atoms with E-state index < -0.39 is 0 Å². The third kappa shape index (κ3) is 5.36. The van der Waals surface area contributed by atoms with E-state index in [1.165, 1.54) is 19.3 Å². The highest BCUT2D eigenvalue weighted by Crippen LogP contribution is 2.28. The van der Waals surface area contributed by atoms with Crippen LogP contribution in [-0.2, 0) is 6.54 Å². The molecule has 1 aromatic rings. The second-order valence-corrected chi connectivity index (χ2v) is 6.49. The van der Waals surface area contributed by atoms with Crippen molar-refractivity contribution < 1.29 is 4.42 Å². The Labute approximate surface area is 163 Å². The fourth-order valence-corrected chi connectivity index (χ4v) is 3.49. The number of nitrogens with zero attached hydrogens (tertiary/aromatic N) is 3. The highest BCUT2D eigenvalue weighted by Gasteiger charge is 2.29. The molecule has 2 rings (SSSR count). The number of halogens is 1. The van der Waals surface area contributed by atoms with Gasteiger partial charge in [0.1, 0.15) is 12.3 Å². The minimum Gasteiger partial charge on any atom is -0.444 e. The highest BCUT2D eigenvalue weighted by atomic mass is 127. The monoisotopic (exact) mass is 448 g/mol. The predicted octanol–water partition coefficient (Wildman–Crippen LogP) is 4.13. The lowest BCUT2D eigenvalue weighted by Crippen LogP contribution is -2.40. The number of nitrogens with one attached hydrogen (secondary N) is 1. The van der Waals surface area contributed by atoms with Crippen LogP contribution in [0, 0.1) is 25.7 Å². The minimum absolute atomic E-state index is 0. The maximum atomic E-state index is 5.64. The van der Waals surface area contributed by atoms with Gasteiger partial charge in [0.2, 0.25) is 5.89 Å². The van der Waals surface area contributed by atoms with Crippen molar-refractivity contribution in [3.63, 3.8) is 0 Å². The molecule has 1 aliphatic rings. The SMILES string of the molecule is CCNC(=NCc1nc(C)c(C)o1)N1CCC(C(CC)CC)C1.I. The van der Waals surface area contributed by atoms with Gasteiger partial charge in [-0.2, -0.15) is 0 Å². The van der Waals surface area contributed by atoms with Gasteiger partial charge in [0.05, 0.1) is 5.69 Å². The van der Waals surface area contributed by atoms with Crippen LogP contribution in [0.4, 0.5) is 0 Å². The Morgan fingerprint density at radius 1 is 1.33 bits per heavy atom. The summed E-state index contributed by atoms with van der Waals surface area (Å²) in [6, 6.07) is 0. The Hall–Kier alpha value is -0.790. The quantitative estimate of drug-likeness (QED) is 0.404. The zero-order valence-electron chi connectivity index (χ0n) is 15.8. The second kappa shape index (κ2) is 10.3. The smallest absolute Gasteiger partial charge is 0.216 e. The number of likely N-dealkylation sites (tertiary alicyclic amines) is 1. The Kier molecular flexibility index (Phi) is 9.08. The molecule has 24 heavy (non-hydrogen) atoms. The molecule has 2 heterocycles. The lowest BCUT2D eigenvalue weighted by molar-refractivity contribution is 0.319. The first-order valence-electron chi connectivity index (χ1n) is 9.05. The Balaban J connectivity index is 0.00000288. The van der Waals surface area contributed by atoms with Gasteiger partial charge in [-0.15, -0.1) is 24.0 Å². The summed E-state index contributed by atoms with van der Waals surface area (Å²) in [5.74, 6) is 4.20. The fraction of sp³-hybridized carbons (Fsp3) is 0.778. The van der Waals surface area contributed by atoms with Crippen molar-refractivity contribution in [2.75, 3.05) is 19.6 Å². The summed E-state index contributed by atoms with van der Waals surface area (Å²) in [5.41, 5.74) is 0.954. The molecule has 0 bridgehead atoms. The number of hydrogen-bond donors (Lipinski definition) is 1. The van der Waals surface area contributed by atoms with E-state index in [2.05, 4.69) is 36.0 Å². The first-order valence-corrected chi connectivity index (χ1v) is 9.05. The lowest BCUT2D eigenvalue weighted by Gasteiger charge is -2.24. The molecule has 0 aliphatic carbocycles. The van der Waals surface area contributed by atoms with E-state index >= 15 is 0 Å². The lowest BCUT2D eigenvalue weighted by atomic mass is 9.87. The van der Waals surface area contributed by atoms with Gasteiger partial charge in [0, 0.05) is 19.6 Å². The summed E-state index contributed by atoms with van der Waals surface area (Å²) in [4.78, 5) is 11.6. The number of aliphatic imine (C=N–C) groups is 1. The average Bonchev–Trinajstić information content (AvgIpc) is 3.13. The molecule has 6 heteroatoms. The van der Waals surface area contributed by atoms with Crippen LogP contribution >= 0.6 is 24.0 Å². The molecule has 0 amide bonds. The fourth-order valence-electron chi connectivity index (χ4n) is 3.49. The molecule has 1 N–H and O–H groups in total. The molecule has 1 aromatic heterocycles. The van der Waals surface area contributed by atoms with E-state index in [0.717, 1.165) is 48.9 Å². The van der Waals surface area contributed by atoms with Crippen molar-refractivity contribution in [1.82, 2.24) is 15.2 Å². The van der Waals surface area contributed by atoms with Crippen LogP contribution in [0.1, 0.15) is 57.4 Å². The third-order valence-corrected chi connectivity index (χ3v) is 5.01. The van der Waals surface area contributed by atoms with Gasteiger partial charge >= 0.3 is 0 Å². The molecule has 1 unspecified atom stereocenters. The molecule has 1 saturated heterocycles. The Bertz CT molecular complexity index is 506. The van der Waals surface area contributed by atoms with Crippen LogP contribution in [0.25, 0.3) is 0 Å². The zero-order valence-corrected chi connectivity index (χ0v) is 18.1. The van der Waals surface area contributed by atoms with Crippen LogP contribution in [0.5, 0.6) is 0 Å². The average molecular weight is 448 g/mol. The first-order chi connectivity index (χ1) is 11.1. The normalized spacial score (nSPS) is 18.2. The van der Waals surface area contributed by atoms with Crippen molar-refractivity contribution in [2.24, 2.45) is 16.8 Å². The van der Waals surface area contributed by atoms with E-state index in [-0.39, 0.29) is 24.0 Å². The molecule has 0 radical (unpaired) electrons. The van der Waals surface area contributed by atoms with Gasteiger partial charge in [-0.05, 0) is 39.0 Å². The van der Waals surface area contributed by atoms with Crippen LogP contribution in [-0.4, -0.2) is 35.5 Å². The maximum absolute atomic E-state index is 5.64. The number of aryl methyl sites for hydroxylation is 2. The molecule has 1 fully saturated rings. The number of rotatable bonds is 6. The van der Waals surface area contributed by atoms with E-state index in [4.69, 9.17) is 9.41 Å². The van der Waals surface area contributed by atoms with E-state index in [0.29, 0.717) is 12.4 Å². The summed E-state index contributed by atoms with van der Waals surface area (Å²) < 4.78 is 5.64. The molecular formula is C18H33IN4O. The topological polar surface area (TPSA) is 53.7 Å². The number of guanidine groups is 1. The van der Waals surface area contributed by atoms with Gasteiger partial charge < -0.3 is 14.6 Å². The first kappa shape index (κ1) is 21.3. The van der Waals surface area contributed by atoms with Gasteiger partial charge in [0.25, 0.3) is 0 Å². The number of aromatic nitrogens is 1. The molecule has 0 saturated carbocycles. The minimum atomic E-state index is 0. The molecule has 138 valence electrons. The zero-order chi connectivity index (χ0) is 16.8. The van der Waals surface area contributed by atoms with Crippen molar-refractivity contribution in [2.45, 2.75) is 60.4 Å². The number of hydrogen-bond acceptors (Lipinski definition) is 3. The molecule has 5 nitrogen and oxygen atoms in total. The summed E-state index contributed by atoms with van der Waals surface area (Å²) in [7, 11) is 0. The number of oxazole rings is 1. The van der Waals surface area contributed by atoms with Crippen LogP contribution in [0.3, 0.4) is 0 Å². The molecular weight excluding hydrogens is 415 g/mol. The summed E-state index contributed by atoms with van der Waals surface area (Å²) in [5, 5.41) is 3.42. The van der Waals surface area contributed by atoms with Gasteiger partial charge in [0.15, 0.2) is 5.96 Å². The van der Waals surface area contributed by atoms with Crippen LogP contribution in [0.15, 0.2) is 9.41 Å². The highest BCUT2D eigenvalue weighted by molar-refractivity contribution is 14.0. The summed E-state index contributed by atoms with van der Waals surface area (Å²) in [6.07, 6.45) is 3.82. The summed E-state index contributed by atoms with van der Waals surface area (Å²) >= 11 is 0. The van der Waals surface area contributed by atoms with Crippen molar-refractivity contribution in [1.29, 1.82) is 0 Å². The standard InChI is InChI=1S/C18H32N4O.HI/c1-6-15(7-2)16-9-10-22(12-16)18(19-8-3)20-11-17-21-13(4)14(5)23-17;/h15-16H,6-12H2,1-5H3,(H,19,20);1H. The van der Waals surface area contributed by atoms with Gasteiger partial charge in [-0.3, -0.25) is 0 Å². The Morgan fingerprint density at radius 3 is 2.58 bits per heavy atom. The van der Waals surface area contributed by atoms with Crippen LogP contribution in [0.2, 0.25) is 0 Å². The van der Waals surface area contributed by atoms with Gasteiger partial charge in [-0.25, -0.2) is 9.98 Å². The summed E-state index contributed by atoms with van der Waals surface area (Å²) in [6.45, 7) is 14.2. The van der Waals surface area contributed by atoms with E-state index in [1.807, 2.05) is 13.8 Å². The predicted molar refractivity (Wildman–Crippen MR) is 110 cm³/mol.